The molecule has 152 valence electrons. The van der Waals surface area contributed by atoms with Crippen LogP contribution in [0, 0.1) is 29.6 Å². The topological polar surface area (TPSA) is 68.0 Å². The number of anilines is 2. The molecule has 3 rings (SSSR count). The Hall–Kier alpha value is -2.10. The Bertz CT molecular complexity index is 827. The van der Waals surface area contributed by atoms with Crippen LogP contribution < -0.4 is 11.1 Å². The molecule has 2 atom stereocenters. The first kappa shape index (κ1) is 20.6. The average Bonchev–Trinajstić information content (AvgIpc) is 3.44. The van der Waals surface area contributed by atoms with E-state index in [0.29, 0.717) is 23.2 Å². The lowest BCUT2D eigenvalue weighted by atomic mass is 9.62. The molecule has 2 unspecified atom stereocenters. The van der Waals surface area contributed by atoms with E-state index in [1.54, 1.807) is 12.3 Å². The normalized spacial score (nSPS) is 24.1. The molecule has 1 heterocycles. The number of nitrogen functional groups attached to an aromatic ring is 1. The molecule has 0 bridgehead atoms. The molecule has 4 heteroatoms. The second kappa shape index (κ2) is 7.38. The molecule has 1 saturated carbocycles. The molecule has 1 aromatic heterocycles. The zero-order valence-electron chi connectivity index (χ0n) is 18.2. The van der Waals surface area contributed by atoms with Gasteiger partial charge >= 0.3 is 0 Å². The van der Waals surface area contributed by atoms with E-state index in [4.69, 9.17) is 5.73 Å². The summed E-state index contributed by atoms with van der Waals surface area (Å²) in [6.07, 6.45) is 10.4. The number of carbonyl (C=O) groups excluding carboxylic acids is 1. The summed E-state index contributed by atoms with van der Waals surface area (Å²) in [7, 11) is 0. The van der Waals surface area contributed by atoms with Crippen molar-refractivity contribution in [3.05, 3.63) is 41.3 Å². The monoisotopic (exact) mass is 381 g/mol. The van der Waals surface area contributed by atoms with Gasteiger partial charge in [-0.2, -0.15) is 0 Å². The maximum absolute atomic E-state index is 13.0. The van der Waals surface area contributed by atoms with Crippen LogP contribution in [0.5, 0.6) is 0 Å². The van der Waals surface area contributed by atoms with Crippen molar-refractivity contribution in [1.82, 2.24) is 4.98 Å². The molecule has 0 saturated heterocycles. The van der Waals surface area contributed by atoms with Crippen LogP contribution in [-0.2, 0) is 4.79 Å². The number of nitrogens with zero attached hydrogens (tertiary/aromatic N) is 1. The molecule has 0 aromatic carbocycles. The van der Waals surface area contributed by atoms with Crippen molar-refractivity contribution in [2.75, 3.05) is 11.1 Å². The third-order valence-corrected chi connectivity index (χ3v) is 6.83. The highest BCUT2D eigenvalue weighted by Gasteiger charge is 2.41. The van der Waals surface area contributed by atoms with Crippen molar-refractivity contribution in [3.8, 4) is 0 Å². The lowest BCUT2D eigenvalue weighted by Gasteiger charge is -2.43. The van der Waals surface area contributed by atoms with Gasteiger partial charge in [0.15, 0.2) is 0 Å². The standard InChI is InChI=1S/C24H35N3O/c1-15-21(25)12-20(14-26-15)27-22(28)18-9-10-24(6,16(2)23(3,4)5)13-19(11-18)17-7-8-17/h9,11-12,14,16-17H,7-8,10,13,25H2,1-6H3,(H,27,28). The lowest BCUT2D eigenvalue weighted by molar-refractivity contribution is -0.112. The van der Waals surface area contributed by atoms with E-state index in [0.717, 1.165) is 24.1 Å². The van der Waals surface area contributed by atoms with E-state index in [1.807, 2.05) is 6.92 Å². The zero-order chi connectivity index (χ0) is 20.7. The molecular formula is C24H35N3O. The quantitative estimate of drug-likeness (QED) is 0.707. The van der Waals surface area contributed by atoms with Gasteiger partial charge in [-0.15, -0.1) is 0 Å². The van der Waals surface area contributed by atoms with E-state index in [1.165, 1.54) is 18.4 Å². The van der Waals surface area contributed by atoms with Crippen LogP contribution in [0.25, 0.3) is 0 Å². The number of rotatable bonds is 4. The molecule has 4 nitrogen and oxygen atoms in total. The van der Waals surface area contributed by atoms with Crippen LogP contribution in [0.1, 0.15) is 66.0 Å². The van der Waals surface area contributed by atoms with Gasteiger partial charge in [0.2, 0.25) is 0 Å². The predicted octanol–water partition coefficient (Wildman–Crippen LogP) is 5.66. The van der Waals surface area contributed by atoms with Gasteiger partial charge in [-0.25, -0.2) is 0 Å². The van der Waals surface area contributed by atoms with E-state index in [9.17, 15) is 4.79 Å². The van der Waals surface area contributed by atoms with Gasteiger partial charge in [0.1, 0.15) is 0 Å². The summed E-state index contributed by atoms with van der Waals surface area (Å²) >= 11 is 0. The van der Waals surface area contributed by atoms with Crippen LogP contribution in [-0.4, -0.2) is 10.9 Å². The first-order valence-corrected chi connectivity index (χ1v) is 10.4. The Morgan fingerprint density at radius 2 is 2.04 bits per heavy atom. The maximum Gasteiger partial charge on any atom is 0.255 e. The van der Waals surface area contributed by atoms with E-state index in [-0.39, 0.29) is 16.7 Å². The van der Waals surface area contributed by atoms with Crippen LogP contribution in [0.4, 0.5) is 11.4 Å². The van der Waals surface area contributed by atoms with Gasteiger partial charge in [-0.1, -0.05) is 52.3 Å². The number of nitrogens with two attached hydrogens (primary N) is 1. The average molecular weight is 382 g/mol. The number of allylic oxidation sites excluding steroid dienone is 2. The first-order valence-electron chi connectivity index (χ1n) is 10.4. The van der Waals surface area contributed by atoms with Gasteiger partial charge in [-0.3, -0.25) is 9.78 Å². The Morgan fingerprint density at radius 3 is 2.61 bits per heavy atom. The van der Waals surface area contributed by atoms with E-state index < -0.39 is 0 Å². The fourth-order valence-corrected chi connectivity index (χ4v) is 4.26. The van der Waals surface area contributed by atoms with Crippen molar-refractivity contribution in [2.45, 2.75) is 67.2 Å². The van der Waals surface area contributed by atoms with Gasteiger partial charge in [0.25, 0.3) is 5.91 Å². The molecule has 2 aliphatic rings. The fourth-order valence-electron chi connectivity index (χ4n) is 4.26. The van der Waals surface area contributed by atoms with Crippen LogP contribution in [0.3, 0.4) is 0 Å². The van der Waals surface area contributed by atoms with E-state index >= 15 is 0 Å². The molecule has 28 heavy (non-hydrogen) atoms. The zero-order valence-corrected chi connectivity index (χ0v) is 18.2. The molecule has 1 amide bonds. The number of carbonyl (C=O) groups is 1. The van der Waals surface area contributed by atoms with Crippen molar-refractivity contribution in [2.24, 2.45) is 22.7 Å². The third-order valence-electron chi connectivity index (χ3n) is 6.83. The highest BCUT2D eigenvalue weighted by molar-refractivity contribution is 6.06. The molecule has 2 aliphatic carbocycles. The summed E-state index contributed by atoms with van der Waals surface area (Å²) in [6, 6.07) is 1.77. The summed E-state index contributed by atoms with van der Waals surface area (Å²) in [5.41, 5.74) is 10.5. The minimum Gasteiger partial charge on any atom is -0.397 e. The summed E-state index contributed by atoms with van der Waals surface area (Å²) in [4.78, 5) is 17.2. The van der Waals surface area contributed by atoms with Crippen LogP contribution >= 0.6 is 0 Å². The molecular weight excluding hydrogens is 346 g/mol. The summed E-state index contributed by atoms with van der Waals surface area (Å²) < 4.78 is 0. The molecule has 1 fully saturated rings. The van der Waals surface area contributed by atoms with Gasteiger partial charge in [-0.05, 0) is 61.3 Å². The largest absolute Gasteiger partial charge is 0.397 e. The maximum atomic E-state index is 13.0. The summed E-state index contributed by atoms with van der Waals surface area (Å²) in [5, 5.41) is 2.98. The van der Waals surface area contributed by atoms with Crippen LogP contribution in [0.2, 0.25) is 0 Å². The summed E-state index contributed by atoms with van der Waals surface area (Å²) in [6.45, 7) is 13.6. The SMILES string of the molecule is Cc1ncc(NC(=O)C2=CCC(C)(C(C)C(C)(C)C)CC(C3CC3)=C2)cc1N. The number of nitrogens with one attached hydrogen (secondary N) is 1. The van der Waals surface area contributed by atoms with E-state index in [2.05, 4.69) is 57.1 Å². The second-order valence-corrected chi connectivity index (χ2v) is 10.1. The predicted molar refractivity (Wildman–Crippen MR) is 117 cm³/mol. The fraction of sp³-hybridized carbons (Fsp3) is 0.583. The van der Waals surface area contributed by atoms with Crippen molar-refractivity contribution < 1.29 is 4.79 Å². The number of aryl methyl sites for hydroxylation is 1. The van der Waals surface area contributed by atoms with Crippen molar-refractivity contribution >= 4 is 17.3 Å². The number of pyridine rings is 1. The minimum absolute atomic E-state index is 0.0733. The molecule has 0 aliphatic heterocycles. The molecule has 0 spiro atoms. The van der Waals surface area contributed by atoms with Crippen molar-refractivity contribution in [3.63, 3.8) is 0 Å². The number of aromatic nitrogens is 1. The summed E-state index contributed by atoms with van der Waals surface area (Å²) in [5.74, 6) is 1.12. The molecule has 3 N–H and O–H groups in total. The third kappa shape index (κ3) is 4.48. The Morgan fingerprint density at radius 1 is 1.36 bits per heavy atom. The number of hydrogen-bond acceptors (Lipinski definition) is 3. The Kier molecular flexibility index (Phi) is 5.44. The number of hydrogen-bond donors (Lipinski definition) is 2. The highest BCUT2D eigenvalue weighted by atomic mass is 16.1. The van der Waals surface area contributed by atoms with Gasteiger partial charge in [0, 0.05) is 5.57 Å². The smallest absolute Gasteiger partial charge is 0.255 e. The molecule has 1 aromatic rings. The first-order chi connectivity index (χ1) is 13.0. The van der Waals surface area contributed by atoms with Crippen LogP contribution in [0.15, 0.2) is 35.6 Å². The highest BCUT2D eigenvalue weighted by Crippen LogP contribution is 2.51. The van der Waals surface area contributed by atoms with Gasteiger partial charge < -0.3 is 11.1 Å². The molecule has 0 radical (unpaired) electrons. The van der Waals surface area contributed by atoms with Gasteiger partial charge in [0.05, 0.1) is 23.3 Å². The lowest BCUT2D eigenvalue weighted by Crippen LogP contribution is -2.34. The second-order valence-electron chi connectivity index (χ2n) is 10.1. The number of amides is 1. The Labute approximate surface area is 169 Å². The van der Waals surface area contributed by atoms with Crippen molar-refractivity contribution in [1.29, 1.82) is 0 Å². The minimum atomic E-state index is -0.0733. The Balaban J connectivity index is 1.86.